The van der Waals surface area contributed by atoms with Crippen molar-refractivity contribution < 1.29 is 19.3 Å². The molecular weight excluding hydrogens is 220 g/mol. The van der Waals surface area contributed by atoms with Gasteiger partial charge in [0.15, 0.2) is 0 Å². The molecule has 3 fully saturated rings. The van der Waals surface area contributed by atoms with Crippen molar-refractivity contribution in [3.63, 3.8) is 0 Å². The van der Waals surface area contributed by atoms with Crippen LogP contribution in [0.1, 0.15) is 19.8 Å². The van der Waals surface area contributed by atoms with E-state index in [9.17, 15) is 5.11 Å². The number of epoxide rings is 2. The third kappa shape index (κ3) is 1.51. The van der Waals surface area contributed by atoms with Gasteiger partial charge in [-0.2, -0.15) is 0 Å². The molecule has 0 aromatic heterocycles. The predicted molar refractivity (Wildman–Crippen MR) is 61.7 cm³/mol. The summed E-state index contributed by atoms with van der Waals surface area (Å²) in [5.74, 6) is 0.0896. The van der Waals surface area contributed by atoms with Crippen molar-refractivity contribution in [1.82, 2.24) is 0 Å². The maximum atomic E-state index is 10.1. The number of aliphatic hydroxyl groups excluding tert-OH is 1. The van der Waals surface area contributed by atoms with E-state index in [-0.39, 0.29) is 29.3 Å². The molecule has 1 spiro atoms. The van der Waals surface area contributed by atoms with Gasteiger partial charge < -0.3 is 19.3 Å². The van der Waals surface area contributed by atoms with Crippen LogP contribution in [-0.2, 0) is 14.2 Å². The fourth-order valence-electron chi connectivity index (χ4n) is 3.56. The van der Waals surface area contributed by atoms with Crippen LogP contribution >= 0.6 is 0 Å². The Kier molecular flexibility index (Phi) is 2.43. The lowest BCUT2D eigenvalue weighted by Crippen LogP contribution is -2.54. The zero-order valence-corrected chi connectivity index (χ0v) is 10.4. The van der Waals surface area contributed by atoms with Gasteiger partial charge in [0.2, 0.25) is 0 Å². The van der Waals surface area contributed by atoms with Crippen molar-refractivity contribution in [3.05, 3.63) is 12.7 Å². The Labute approximate surface area is 102 Å². The summed E-state index contributed by atoms with van der Waals surface area (Å²) in [5, 5.41) is 10.1. The number of methoxy groups -OCH3 is 1. The molecule has 4 nitrogen and oxygen atoms in total. The van der Waals surface area contributed by atoms with E-state index in [1.54, 1.807) is 7.11 Å². The first-order chi connectivity index (χ1) is 8.07. The first kappa shape index (κ1) is 11.7. The topological polar surface area (TPSA) is 54.5 Å². The Bertz CT molecular complexity index is 338. The Morgan fingerprint density at radius 2 is 2.24 bits per heavy atom. The van der Waals surface area contributed by atoms with E-state index >= 15 is 0 Å². The lowest BCUT2D eigenvalue weighted by molar-refractivity contribution is -0.116. The minimum absolute atomic E-state index is 0.0523. The van der Waals surface area contributed by atoms with E-state index < -0.39 is 6.10 Å². The van der Waals surface area contributed by atoms with Gasteiger partial charge >= 0.3 is 0 Å². The minimum Gasteiger partial charge on any atom is -0.390 e. The largest absolute Gasteiger partial charge is 0.390 e. The van der Waals surface area contributed by atoms with Gasteiger partial charge in [-0.3, -0.25) is 0 Å². The van der Waals surface area contributed by atoms with Gasteiger partial charge in [0.1, 0.15) is 11.7 Å². The van der Waals surface area contributed by atoms with E-state index in [2.05, 4.69) is 13.5 Å². The highest BCUT2D eigenvalue weighted by molar-refractivity contribution is 5.22. The predicted octanol–water partition coefficient (Wildman–Crippen LogP) is 0.885. The monoisotopic (exact) mass is 240 g/mol. The van der Waals surface area contributed by atoms with E-state index in [0.717, 1.165) is 19.4 Å². The van der Waals surface area contributed by atoms with Gasteiger partial charge in [0.05, 0.1) is 30.3 Å². The number of hydrogen-bond acceptors (Lipinski definition) is 4. The molecule has 0 aromatic rings. The summed E-state index contributed by atoms with van der Waals surface area (Å²) in [6.07, 6.45) is 2.87. The first-order valence-corrected chi connectivity index (χ1v) is 6.22. The first-order valence-electron chi connectivity index (χ1n) is 6.22. The van der Waals surface area contributed by atoms with Gasteiger partial charge in [0, 0.05) is 7.11 Å². The van der Waals surface area contributed by atoms with Crippen molar-refractivity contribution in [2.45, 2.75) is 49.3 Å². The minimum atomic E-state index is -0.425. The Balaban J connectivity index is 1.90. The molecule has 1 N–H and O–H groups in total. The summed E-state index contributed by atoms with van der Waals surface area (Å²) in [6, 6.07) is 0. The van der Waals surface area contributed by atoms with Crippen molar-refractivity contribution in [3.8, 4) is 0 Å². The molecule has 1 saturated carbocycles. The summed E-state index contributed by atoms with van der Waals surface area (Å²) in [4.78, 5) is 0. The van der Waals surface area contributed by atoms with Crippen molar-refractivity contribution in [2.24, 2.45) is 5.92 Å². The molecule has 3 rings (SSSR count). The SMILES string of the molecule is C=C[C@H]1OC1(C)[C@H]1[C@H](OC)[C@H](O)CC[C@]12CO2. The van der Waals surface area contributed by atoms with Crippen molar-refractivity contribution in [1.29, 1.82) is 0 Å². The lowest BCUT2D eigenvalue weighted by atomic mass is 9.68. The van der Waals surface area contributed by atoms with Crippen LogP contribution in [0.4, 0.5) is 0 Å². The van der Waals surface area contributed by atoms with Crippen LogP contribution in [0.25, 0.3) is 0 Å². The van der Waals surface area contributed by atoms with E-state index in [1.807, 2.05) is 6.08 Å². The highest BCUT2D eigenvalue weighted by Gasteiger charge is 2.71. The Morgan fingerprint density at radius 1 is 1.53 bits per heavy atom. The average molecular weight is 240 g/mol. The second-order valence-corrected chi connectivity index (χ2v) is 5.60. The average Bonchev–Trinajstić information content (AvgIpc) is 3.21. The Morgan fingerprint density at radius 3 is 2.71 bits per heavy atom. The quantitative estimate of drug-likeness (QED) is 0.588. The highest BCUT2D eigenvalue weighted by atomic mass is 16.6. The van der Waals surface area contributed by atoms with Crippen LogP contribution < -0.4 is 0 Å². The third-order valence-electron chi connectivity index (χ3n) is 4.65. The fourth-order valence-corrected chi connectivity index (χ4v) is 3.56. The van der Waals surface area contributed by atoms with Gasteiger partial charge in [-0.15, -0.1) is 6.58 Å². The van der Waals surface area contributed by atoms with Gasteiger partial charge in [-0.1, -0.05) is 6.08 Å². The van der Waals surface area contributed by atoms with Crippen LogP contribution in [0.15, 0.2) is 12.7 Å². The number of rotatable bonds is 3. The fraction of sp³-hybridized carbons (Fsp3) is 0.846. The summed E-state index contributed by atoms with van der Waals surface area (Å²) >= 11 is 0. The summed E-state index contributed by atoms with van der Waals surface area (Å²) < 4.78 is 17.0. The number of ether oxygens (including phenoxy) is 3. The second kappa shape index (κ2) is 3.54. The Hall–Kier alpha value is -0.420. The summed E-state index contributed by atoms with van der Waals surface area (Å²) in [5.41, 5.74) is -0.424. The summed E-state index contributed by atoms with van der Waals surface area (Å²) in [6.45, 7) is 6.61. The molecule has 0 radical (unpaired) electrons. The molecule has 0 bridgehead atoms. The van der Waals surface area contributed by atoms with E-state index in [0.29, 0.717) is 0 Å². The van der Waals surface area contributed by atoms with Gasteiger partial charge in [-0.25, -0.2) is 0 Å². The zero-order valence-electron chi connectivity index (χ0n) is 10.4. The standard InChI is InChI=1S/C13H20O4/c1-4-9-12(2,17-9)11-10(15-3)8(14)5-6-13(11)7-16-13/h4,8-11,14H,1,5-7H2,2-3H3/t8-,9-,10-,11-,12?,13+/m1/s1. The molecule has 6 atom stereocenters. The molecule has 2 heterocycles. The van der Waals surface area contributed by atoms with Gasteiger partial charge in [0.25, 0.3) is 0 Å². The molecule has 2 aliphatic heterocycles. The smallest absolute Gasteiger partial charge is 0.105 e. The molecule has 0 amide bonds. The third-order valence-corrected chi connectivity index (χ3v) is 4.65. The van der Waals surface area contributed by atoms with Crippen LogP contribution in [0.5, 0.6) is 0 Å². The molecule has 96 valence electrons. The normalized spacial score (nSPS) is 56.9. The molecule has 1 unspecified atom stereocenters. The number of aliphatic hydroxyl groups is 1. The molecule has 17 heavy (non-hydrogen) atoms. The second-order valence-electron chi connectivity index (χ2n) is 5.60. The highest BCUT2D eigenvalue weighted by Crippen LogP contribution is 2.58. The molecule has 2 saturated heterocycles. The lowest BCUT2D eigenvalue weighted by Gasteiger charge is -2.41. The molecular formula is C13H20O4. The molecule has 0 aromatic carbocycles. The van der Waals surface area contributed by atoms with Crippen LogP contribution in [0, 0.1) is 5.92 Å². The van der Waals surface area contributed by atoms with Crippen LogP contribution in [0.2, 0.25) is 0 Å². The maximum absolute atomic E-state index is 10.1. The molecule has 4 heteroatoms. The number of hydrogen-bond donors (Lipinski definition) is 1. The van der Waals surface area contributed by atoms with Crippen LogP contribution in [0.3, 0.4) is 0 Å². The van der Waals surface area contributed by atoms with Crippen LogP contribution in [-0.4, -0.2) is 48.3 Å². The maximum Gasteiger partial charge on any atom is 0.105 e. The molecule has 1 aliphatic carbocycles. The van der Waals surface area contributed by atoms with Crippen molar-refractivity contribution >= 4 is 0 Å². The summed E-state index contributed by atoms with van der Waals surface area (Å²) in [7, 11) is 1.65. The van der Waals surface area contributed by atoms with Crippen molar-refractivity contribution in [2.75, 3.05) is 13.7 Å². The zero-order chi connectivity index (χ0) is 12.3. The van der Waals surface area contributed by atoms with Gasteiger partial charge in [-0.05, 0) is 19.8 Å². The van der Waals surface area contributed by atoms with E-state index in [1.165, 1.54) is 0 Å². The van der Waals surface area contributed by atoms with E-state index in [4.69, 9.17) is 14.2 Å². The molecule has 3 aliphatic rings.